The number of rotatable bonds is 24. The van der Waals surface area contributed by atoms with Crippen LogP contribution >= 0.6 is 0 Å². The van der Waals surface area contributed by atoms with Crippen molar-refractivity contribution in [3.8, 4) is 0 Å². The van der Waals surface area contributed by atoms with Crippen molar-refractivity contribution in [3.63, 3.8) is 0 Å². The minimum Gasteiger partial charge on any atom is -0.368 e. The van der Waals surface area contributed by atoms with E-state index in [1.807, 2.05) is 0 Å². The number of pyridine rings is 1. The molecule has 0 atom stereocenters. The summed E-state index contributed by atoms with van der Waals surface area (Å²) in [5.41, 5.74) is 11.8. The third kappa shape index (κ3) is 17.1. The van der Waals surface area contributed by atoms with Crippen molar-refractivity contribution >= 4 is 17.7 Å². The Balaban J connectivity index is 2.41. The molecule has 0 aliphatic carbocycles. The molecule has 0 aromatic carbocycles. The Hall–Kier alpha value is -2.52. The second-order valence-electron chi connectivity index (χ2n) is 10.1. The van der Waals surface area contributed by atoms with E-state index in [1.165, 1.54) is 62.7 Å². The number of nitrogens with zero attached hydrogens (tertiary/aromatic N) is 3. The van der Waals surface area contributed by atoms with Gasteiger partial charge in [0.2, 0.25) is 17.7 Å². The van der Waals surface area contributed by atoms with Crippen LogP contribution in [0.4, 0.5) is 0 Å². The Bertz CT molecular complexity index is 762. The SMILES string of the molecule is CCCCCCCCCCCCCNCC(=O)N(CCCCN)CC(=O)N(CC(N)=O)Cc1ccncc1. The highest BCUT2D eigenvalue weighted by Crippen LogP contribution is 2.11. The summed E-state index contributed by atoms with van der Waals surface area (Å²) in [5, 5.41) is 3.24. The molecule has 1 aromatic rings. The number of nitrogens with one attached hydrogen (secondary N) is 1. The highest BCUT2D eigenvalue weighted by atomic mass is 16.2. The molecule has 0 saturated carbocycles. The van der Waals surface area contributed by atoms with Crippen LogP contribution in [-0.2, 0) is 20.9 Å². The maximum atomic E-state index is 13.1. The Labute approximate surface area is 230 Å². The minimum atomic E-state index is -0.595. The van der Waals surface area contributed by atoms with E-state index in [0.29, 0.717) is 19.5 Å². The van der Waals surface area contributed by atoms with Crippen molar-refractivity contribution in [1.29, 1.82) is 0 Å². The fourth-order valence-electron chi connectivity index (χ4n) is 4.35. The number of carbonyl (C=O) groups is 3. The summed E-state index contributed by atoms with van der Waals surface area (Å²) in [6, 6.07) is 3.56. The van der Waals surface area contributed by atoms with Crippen LogP contribution in [0.1, 0.15) is 96.0 Å². The van der Waals surface area contributed by atoms with Crippen molar-refractivity contribution in [3.05, 3.63) is 30.1 Å². The highest BCUT2D eigenvalue weighted by Gasteiger charge is 2.22. The number of hydrogen-bond donors (Lipinski definition) is 3. The first-order valence-electron chi connectivity index (χ1n) is 14.6. The number of unbranched alkanes of at least 4 members (excludes halogenated alkanes) is 11. The number of primary amides is 1. The van der Waals surface area contributed by atoms with E-state index in [0.717, 1.165) is 31.4 Å². The molecule has 0 saturated heterocycles. The van der Waals surface area contributed by atoms with Gasteiger partial charge in [0.1, 0.15) is 0 Å². The first-order chi connectivity index (χ1) is 18.5. The molecular weight excluding hydrogens is 480 g/mol. The Morgan fingerprint density at radius 2 is 1.39 bits per heavy atom. The fourth-order valence-corrected chi connectivity index (χ4v) is 4.35. The molecule has 0 radical (unpaired) electrons. The number of aromatic nitrogens is 1. The average molecular weight is 533 g/mol. The van der Waals surface area contributed by atoms with Crippen LogP contribution < -0.4 is 16.8 Å². The van der Waals surface area contributed by atoms with Crippen LogP contribution in [0.2, 0.25) is 0 Å². The van der Waals surface area contributed by atoms with Gasteiger partial charge in [-0.15, -0.1) is 0 Å². The number of nitrogens with two attached hydrogens (primary N) is 2. The molecule has 0 aliphatic rings. The van der Waals surface area contributed by atoms with E-state index in [2.05, 4.69) is 17.2 Å². The molecular formula is C29H52N6O3. The lowest BCUT2D eigenvalue weighted by molar-refractivity contribution is -0.141. The number of carbonyl (C=O) groups excluding carboxylic acids is 3. The molecule has 0 unspecified atom stereocenters. The molecule has 3 amide bonds. The molecule has 1 rings (SSSR count). The van der Waals surface area contributed by atoms with Crippen molar-refractivity contribution in [2.75, 3.05) is 39.3 Å². The van der Waals surface area contributed by atoms with Gasteiger partial charge in [-0.25, -0.2) is 0 Å². The topological polar surface area (TPSA) is 135 Å². The normalized spacial score (nSPS) is 10.9. The molecule has 0 fully saturated rings. The van der Waals surface area contributed by atoms with E-state index < -0.39 is 5.91 Å². The predicted molar refractivity (Wildman–Crippen MR) is 153 cm³/mol. The molecule has 9 heteroatoms. The smallest absolute Gasteiger partial charge is 0.242 e. The quantitative estimate of drug-likeness (QED) is 0.175. The van der Waals surface area contributed by atoms with E-state index in [4.69, 9.17) is 11.5 Å². The molecule has 9 nitrogen and oxygen atoms in total. The van der Waals surface area contributed by atoms with Gasteiger partial charge in [-0.1, -0.05) is 71.1 Å². The zero-order valence-corrected chi connectivity index (χ0v) is 23.7. The first-order valence-corrected chi connectivity index (χ1v) is 14.6. The largest absolute Gasteiger partial charge is 0.368 e. The third-order valence-electron chi connectivity index (χ3n) is 6.62. The molecule has 38 heavy (non-hydrogen) atoms. The standard InChI is InChI=1S/C29H52N6O3/c1-2-3-4-5-6-7-8-9-10-11-13-18-33-22-28(37)34(21-14-12-17-30)25-29(38)35(24-27(31)36)23-26-15-19-32-20-16-26/h15-16,19-20,33H,2-14,17-18,21-25,30H2,1H3,(H2,31,36). The van der Waals surface area contributed by atoms with Crippen molar-refractivity contribution in [2.24, 2.45) is 11.5 Å². The van der Waals surface area contributed by atoms with Crippen molar-refractivity contribution < 1.29 is 14.4 Å². The van der Waals surface area contributed by atoms with Crippen LogP contribution in [-0.4, -0.2) is 71.8 Å². The number of hydrogen-bond acceptors (Lipinski definition) is 6. The maximum absolute atomic E-state index is 13.1. The summed E-state index contributed by atoms with van der Waals surface area (Å²) >= 11 is 0. The lowest BCUT2D eigenvalue weighted by Crippen LogP contribution is -2.47. The van der Waals surface area contributed by atoms with Gasteiger partial charge in [-0.3, -0.25) is 19.4 Å². The third-order valence-corrected chi connectivity index (χ3v) is 6.62. The predicted octanol–water partition coefficient (Wildman–Crippen LogP) is 3.36. The van der Waals surface area contributed by atoms with Crippen LogP contribution in [0.15, 0.2) is 24.5 Å². The summed E-state index contributed by atoms with van der Waals surface area (Å²) in [5.74, 6) is -1.03. The van der Waals surface area contributed by atoms with Gasteiger partial charge < -0.3 is 26.6 Å². The lowest BCUT2D eigenvalue weighted by Gasteiger charge is -2.27. The van der Waals surface area contributed by atoms with Gasteiger partial charge in [0, 0.05) is 25.5 Å². The highest BCUT2D eigenvalue weighted by molar-refractivity contribution is 5.88. The Kier molecular flexibility index (Phi) is 19.8. The van der Waals surface area contributed by atoms with Gasteiger partial charge in [0.25, 0.3) is 0 Å². The van der Waals surface area contributed by atoms with Gasteiger partial charge in [-0.05, 0) is 50.0 Å². The molecule has 0 spiro atoms. The van der Waals surface area contributed by atoms with Crippen molar-refractivity contribution in [1.82, 2.24) is 20.1 Å². The molecule has 0 bridgehead atoms. The molecule has 1 heterocycles. The maximum Gasteiger partial charge on any atom is 0.242 e. The zero-order valence-electron chi connectivity index (χ0n) is 23.7. The van der Waals surface area contributed by atoms with E-state index in [1.54, 1.807) is 29.4 Å². The first kappa shape index (κ1) is 33.5. The van der Waals surface area contributed by atoms with Crippen LogP contribution in [0.25, 0.3) is 0 Å². The van der Waals surface area contributed by atoms with Crippen molar-refractivity contribution in [2.45, 2.75) is 96.9 Å². The van der Waals surface area contributed by atoms with E-state index in [-0.39, 0.29) is 38.0 Å². The van der Waals surface area contributed by atoms with Gasteiger partial charge >= 0.3 is 0 Å². The molecule has 0 aliphatic heterocycles. The van der Waals surface area contributed by atoms with Crippen LogP contribution in [0.5, 0.6) is 0 Å². The molecule has 1 aromatic heterocycles. The van der Waals surface area contributed by atoms with E-state index in [9.17, 15) is 14.4 Å². The van der Waals surface area contributed by atoms with Gasteiger partial charge in [0.05, 0.1) is 19.6 Å². The zero-order chi connectivity index (χ0) is 27.8. The summed E-state index contributed by atoms with van der Waals surface area (Å²) < 4.78 is 0. The monoisotopic (exact) mass is 532 g/mol. The van der Waals surface area contributed by atoms with Crippen LogP contribution in [0, 0.1) is 0 Å². The van der Waals surface area contributed by atoms with E-state index >= 15 is 0 Å². The average Bonchev–Trinajstić information content (AvgIpc) is 2.90. The summed E-state index contributed by atoms with van der Waals surface area (Å²) in [7, 11) is 0. The molecule has 5 N–H and O–H groups in total. The van der Waals surface area contributed by atoms with Crippen LogP contribution in [0.3, 0.4) is 0 Å². The minimum absolute atomic E-state index is 0.0953. The molecule has 216 valence electrons. The van der Waals surface area contributed by atoms with Gasteiger partial charge in [0.15, 0.2) is 0 Å². The fraction of sp³-hybridized carbons (Fsp3) is 0.724. The Morgan fingerprint density at radius 3 is 1.97 bits per heavy atom. The summed E-state index contributed by atoms with van der Waals surface area (Å²) in [6.45, 7) is 4.12. The number of amides is 3. The summed E-state index contributed by atoms with van der Waals surface area (Å²) in [4.78, 5) is 44.5. The second-order valence-corrected chi connectivity index (χ2v) is 10.1. The van der Waals surface area contributed by atoms with Gasteiger partial charge in [-0.2, -0.15) is 0 Å². The lowest BCUT2D eigenvalue weighted by atomic mass is 10.1. The second kappa shape index (κ2) is 22.5. The summed E-state index contributed by atoms with van der Waals surface area (Å²) in [6.07, 6.45) is 18.9. The Morgan fingerprint density at radius 1 is 0.789 bits per heavy atom.